The van der Waals surface area contributed by atoms with E-state index in [0.717, 1.165) is 12.8 Å². The van der Waals surface area contributed by atoms with Gasteiger partial charge in [0.05, 0.1) is 12.5 Å². The zero-order valence-corrected chi connectivity index (χ0v) is 9.98. The van der Waals surface area contributed by atoms with Crippen LogP contribution in [0.4, 0.5) is 0 Å². The largest absolute Gasteiger partial charge is 0.381 e. The first-order chi connectivity index (χ1) is 8.15. The van der Waals surface area contributed by atoms with Crippen LogP contribution in [0.5, 0.6) is 0 Å². The molecule has 0 aromatic heterocycles. The molecule has 1 saturated heterocycles. The van der Waals surface area contributed by atoms with Crippen molar-refractivity contribution >= 4 is 11.8 Å². The molecule has 0 saturated carbocycles. The minimum atomic E-state index is -0.581. The molecule has 1 aliphatic rings. The summed E-state index contributed by atoms with van der Waals surface area (Å²) in [6.45, 7) is 4.65. The molecule has 96 valence electrons. The van der Waals surface area contributed by atoms with E-state index in [2.05, 4.69) is 11.9 Å². The lowest BCUT2D eigenvalue weighted by Crippen LogP contribution is -2.46. The summed E-state index contributed by atoms with van der Waals surface area (Å²) in [5.74, 6) is -0.762. The van der Waals surface area contributed by atoms with Gasteiger partial charge in [-0.25, -0.2) is 0 Å². The lowest BCUT2D eigenvalue weighted by atomic mass is 10.1. The Morgan fingerprint density at radius 2 is 2.35 bits per heavy atom. The molecular weight excluding hydrogens is 220 g/mol. The second-order valence-electron chi connectivity index (χ2n) is 4.24. The first-order valence-electron chi connectivity index (χ1n) is 5.93. The fourth-order valence-electron chi connectivity index (χ4n) is 1.78. The van der Waals surface area contributed by atoms with Crippen molar-refractivity contribution in [3.8, 4) is 0 Å². The Hall–Kier alpha value is -1.36. The molecule has 5 nitrogen and oxygen atoms in total. The van der Waals surface area contributed by atoms with Crippen LogP contribution in [0.15, 0.2) is 12.7 Å². The monoisotopic (exact) mass is 240 g/mol. The average molecular weight is 240 g/mol. The van der Waals surface area contributed by atoms with E-state index in [4.69, 9.17) is 10.5 Å². The molecule has 0 aliphatic carbocycles. The Balaban J connectivity index is 2.39. The van der Waals surface area contributed by atoms with Gasteiger partial charge in [0.1, 0.15) is 6.04 Å². The maximum atomic E-state index is 11.8. The van der Waals surface area contributed by atoms with E-state index in [1.165, 1.54) is 0 Å². The van der Waals surface area contributed by atoms with Crippen LogP contribution in [-0.4, -0.2) is 31.1 Å². The van der Waals surface area contributed by atoms with Gasteiger partial charge < -0.3 is 15.8 Å². The SMILES string of the molecule is C=CCCC[C@H](NC(=O)[C@H]1CCOC1)C(N)=O. The number of rotatable bonds is 7. The number of ether oxygens (including phenoxy) is 1. The lowest BCUT2D eigenvalue weighted by molar-refractivity contribution is -0.130. The quantitative estimate of drug-likeness (QED) is 0.497. The molecule has 0 aromatic rings. The van der Waals surface area contributed by atoms with Crippen LogP contribution in [-0.2, 0) is 14.3 Å². The molecule has 0 spiro atoms. The highest BCUT2D eigenvalue weighted by atomic mass is 16.5. The van der Waals surface area contributed by atoms with Gasteiger partial charge in [-0.3, -0.25) is 9.59 Å². The molecule has 0 radical (unpaired) electrons. The number of unbranched alkanes of at least 4 members (excludes halogenated alkanes) is 1. The van der Waals surface area contributed by atoms with Crippen molar-refractivity contribution in [3.63, 3.8) is 0 Å². The minimum absolute atomic E-state index is 0.134. The number of nitrogens with one attached hydrogen (secondary N) is 1. The Labute approximate surface area is 101 Å². The molecule has 17 heavy (non-hydrogen) atoms. The van der Waals surface area contributed by atoms with Crippen molar-refractivity contribution in [3.05, 3.63) is 12.7 Å². The molecule has 1 heterocycles. The smallest absolute Gasteiger partial charge is 0.239 e. The molecule has 0 unspecified atom stereocenters. The summed E-state index contributed by atoms with van der Waals surface area (Å²) in [7, 11) is 0. The summed E-state index contributed by atoms with van der Waals surface area (Å²) >= 11 is 0. The van der Waals surface area contributed by atoms with Crippen molar-refractivity contribution in [1.82, 2.24) is 5.32 Å². The van der Waals surface area contributed by atoms with E-state index in [1.54, 1.807) is 6.08 Å². The molecule has 1 fully saturated rings. The maximum Gasteiger partial charge on any atom is 0.239 e. The molecule has 2 amide bonds. The number of allylic oxidation sites excluding steroid dienone is 1. The second-order valence-corrected chi connectivity index (χ2v) is 4.24. The fraction of sp³-hybridized carbons (Fsp3) is 0.667. The maximum absolute atomic E-state index is 11.8. The van der Waals surface area contributed by atoms with Crippen molar-refractivity contribution in [2.45, 2.75) is 31.7 Å². The number of hydrogen-bond donors (Lipinski definition) is 2. The molecule has 0 bridgehead atoms. The van der Waals surface area contributed by atoms with Crippen LogP contribution in [0.1, 0.15) is 25.7 Å². The van der Waals surface area contributed by atoms with Crippen LogP contribution in [0.3, 0.4) is 0 Å². The number of carbonyl (C=O) groups is 2. The second kappa shape index (κ2) is 7.06. The summed E-state index contributed by atoms with van der Waals surface area (Å²) in [6.07, 6.45) is 4.65. The Kier molecular flexibility index (Phi) is 5.69. The molecule has 1 aliphatic heterocycles. The van der Waals surface area contributed by atoms with E-state index in [1.807, 2.05) is 0 Å². The van der Waals surface area contributed by atoms with Gasteiger partial charge in [0.25, 0.3) is 0 Å². The Morgan fingerprint density at radius 1 is 1.59 bits per heavy atom. The highest BCUT2D eigenvalue weighted by Crippen LogP contribution is 2.13. The zero-order chi connectivity index (χ0) is 12.7. The minimum Gasteiger partial charge on any atom is -0.381 e. The summed E-state index contributed by atoms with van der Waals surface area (Å²) in [5.41, 5.74) is 5.26. The van der Waals surface area contributed by atoms with Gasteiger partial charge >= 0.3 is 0 Å². The molecular formula is C12H20N2O3. The molecule has 3 N–H and O–H groups in total. The van der Waals surface area contributed by atoms with E-state index in [9.17, 15) is 9.59 Å². The van der Waals surface area contributed by atoms with Gasteiger partial charge in [0, 0.05) is 6.61 Å². The Morgan fingerprint density at radius 3 is 2.88 bits per heavy atom. The fourth-order valence-corrected chi connectivity index (χ4v) is 1.78. The van der Waals surface area contributed by atoms with Crippen LogP contribution in [0.2, 0.25) is 0 Å². The Bertz CT molecular complexity index is 285. The number of nitrogens with two attached hydrogens (primary N) is 1. The van der Waals surface area contributed by atoms with Gasteiger partial charge in [-0.1, -0.05) is 6.08 Å². The predicted molar refractivity (Wildman–Crippen MR) is 64.1 cm³/mol. The van der Waals surface area contributed by atoms with Gasteiger partial charge in [0.2, 0.25) is 11.8 Å². The van der Waals surface area contributed by atoms with Crippen LogP contribution < -0.4 is 11.1 Å². The third-order valence-electron chi connectivity index (χ3n) is 2.86. The summed E-state index contributed by atoms with van der Waals surface area (Å²) in [4.78, 5) is 23.0. The third-order valence-corrected chi connectivity index (χ3v) is 2.86. The summed E-state index contributed by atoms with van der Waals surface area (Å²) < 4.78 is 5.13. The molecule has 0 aromatic carbocycles. The van der Waals surface area contributed by atoms with E-state index in [0.29, 0.717) is 26.1 Å². The van der Waals surface area contributed by atoms with Gasteiger partial charge in [-0.05, 0) is 25.7 Å². The summed E-state index contributed by atoms with van der Waals surface area (Å²) in [6, 6.07) is -0.581. The van der Waals surface area contributed by atoms with E-state index in [-0.39, 0.29) is 11.8 Å². The predicted octanol–water partition coefficient (Wildman–Crippen LogP) is 0.349. The van der Waals surface area contributed by atoms with Gasteiger partial charge in [-0.2, -0.15) is 0 Å². The van der Waals surface area contributed by atoms with Gasteiger partial charge in [0.15, 0.2) is 0 Å². The van der Waals surface area contributed by atoms with Crippen LogP contribution in [0.25, 0.3) is 0 Å². The lowest BCUT2D eigenvalue weighted by Gasteiger charge is -2.17. The van der Waals surface area contributed by atoms with Crippen LogP contribution in [0, 0.1) is 5.92 Å². The standard InChI is InChI=1S/C12H20N2O3/c1-2-3-4-5-10(11(13)15)14-12(16)9-6-7-17-8-9/h2,9-10H,1,3-8H2,(H2,13,15)(H,14,16)/t9-,10-/m0/s1. The van der Waals surface area contributed by atoms with Gasteiger partial charge in [-0.15, -0.1) is 6.58 Å². The normalized spacial score (nSPS) is 20.8. The first-order valence-corrected chi connectivity index (χ1v) is 5.93. The number of hydrogen-bond acceptors (Lipinski definition) is 3. The number of carbonyl (C=O) groups excluding carboxylic acids is 2. The first kappa shape index (κ1) is 13.7. The van der Waals surface area contributed by atoms with Crippen molar-refractivity contribution in [2.75, 3.05) is 13.2 Å². The van der Waals surface area contributed by atoms with E-state index < -0.39 is 11.9 Å². The molecule has 2 atom stereocenters. The van der Waals surface area contributed by atoms with Crippen molar-refractivity contribution in [1.29, 1.82) is 0 Å². The summed E-state index contributed by atoms with van der Waals surface area (Å²) in [5, 5.41) is 2.69. The molecule has 5 heteroatoms. The number of amides is 2. The van der Waals surface area contributed by atoms with Crippen molar-refractivity contribution in [2.24, 2.45) is 11.7 Å². The molecule has 1 rings (SSSR count). The van der Waals surface area contributed by atoms with Crippen LogP contribution >= 0.6 is 0 Å². The highest BCUT2D eigenvalue weighted by Gasteiger charge is 2.26. The topological polar surface area (TPSA) is 81.4 Å². The number of primary amides is 1. The third kappa shape index (κ3) is 4.56. The highest BCUT2D eigenvalue weighted by molar-refractivity contribution is 5.87. The zero-order valence-electron chi connectivity index (χ0n) is 9.98. The van der Waals surface area contributed by atoms with E-state index >= 15 is 0 Å². The van der Waals surface area contributed by atoms with Crippen molar-refractivity contribution < 1.29 is 14.3 Å². The average Bonchev–Trinajstić information content (AvgIpc) is 2.81.